The molecule has 3 N–H and O–H groups in total. The number of benzene rings is 1. The van der Waals surface area contributed by atoms with Crippen molar-refractivity contribution in [2.45, 2.75) is 6.92 Å². The molecule has 0 amide bonds. The van der Waals surface area contributed by atoms with Gasteiger partial charge in [0.15, 0.2) is 11.5 Å². The minimum atomic E-state index is -0.567. The predicted molar refractivity (Wildman–Crippen MR) is 82.1 cm³/mol. The van der Waals surface area contributed by atoms with Crippen LogP contribution in [0.2, 0.25) is 0 Å². The normalized spacial score (nSPS) is 12.1. The van der Waals surface area contributed by atoms with Crippen molar-refractivity contribution in [2.24, 2.45) is 10.1 Å². The molecule has 21 heavy (non-hydrogen) atoms. The molecule has 0 saturated carbocycles. The van der Waals surface area contributed by atoms with E-state index in [1.54, 1.807) is 10.8 Å². The first-order valence-electron chi connectivity index (χ1n) is 6.11. The summed E-state index contributed by atoms with van der Waals surface area (Å²) in [7, 11) is 0. The van der Waals surface area contributed by atoms with Crippen LogP contribution < -0.4 is 4.80 Å². The summed E-state index contributed by atoms with van der Waals surface area (Å²) in [6.45, 7) is 5.98. The van der Waals surface area contributed by atoms with Gasteiger partial charge in [0.1, 0.15) is 0 Å². The summed E-state index contributed by atoms with van der Waals surface area (Å²) in [6.07, 6.45) is 3.08. The minimum Gasteiger partial charge on any atom is -0.504 e. The summed E-state index contributed by atoms with van der Waals surface area (Å²) in [6, 6.07) is 2.74. The van der Waals surface area contributed by atoms with E-state index in [9.17, 15) is 15.3 Å². The lowest BCUT2D eigenvalue weighted by molar-refractivity contribution is 0.367. The summed E-state index contributed by atoms with van der Waals surface area (Å²) in [5, 5.41) is 34.6. The third-order valence-electron chi connectivity index (χ3n) is 2.68. The lowest BCUT2D eigenvalue weighted by Gasteiger charge is -2.03. The molecule has 0 aliphatic heterocycles. The highest BCUT2D eigenvalue weighted by atomic mass is 32.1. The molecule has 1 aromatic heterocycles. The Labute approximate surface area is 125 Å². The number of phenolic OH excluding ortho intramolecular Hbond substituents is 3. The van der Waals surface area contributed by atoms with Crippen molar-refractivity contribution in [1.82, 2.24) is 4.68 Å². The number of hydrogen-bond donors (Lipinski definition) is 3. The fourth-order valence-electron chi connectivity index (χ4n) is 1.58. The van der Waals surface area contributed by atoms with Gasteiger partial charge in [-0.2, -0.15) is 5.10 Å². The van der Waals surface area contributed by atoms with Crippen LogP contribution in [0.15, 0.2) is 40.3 Å². The summed E-state index contributed by atoms with van der Waals surface area (Å²) in [4.78, 5) is 5.01. The molecule has 0 unspecified atom stereocenters. The number of aromatic nitrogens is 1. The maximum atomic E-state index is 9.74. The molecule has 7 heteroatoms. The second-order valence-corrected chi connectivity index (χ2v) is 5.05. The zero-order chi connectivity index (χ0) is 15.4. The highest BCUT2D eigenvalue weighted by molar-refractivity contribution is 7.07. The Morgan fingerprint density at radius 1 is 1.29 bits per heavy atom. The molecule has 0 aliphatic rings. The maximum absolute atomic E-state index is 9.74. The number of hydrogen-bond acceptors (Lipinski definition) is 6. The molecule has 0 spiro atoms. The van der Waals surface area contributed by atoms with Gasteiger partial charge in [0, 0.05) is 10.9 Å². The van der Waals surface area contributed by atoms with Gasteiger partial charge in [-0.25, -0.2) is 4.68 Å². The molecule has 1 heterocycles. The van der Waals surface area contributed by atoms with Crippen LogP contribution in [-0.2, 0) is 0 Å². The molecule has 110 valence electrons. The molecule has 2 rings (SSSR count). The second kappa shape index (κ2) is 6.27. The van der Waals surface area contributed by atoms with Gasteiger partial charge < -0.3 is 15.3 Å². The van der Waals surface area contributed by atoms with Crippen LogP contribution in [0.3, 0.4) is 0 Å². The van der Waals surface area contributed by atoms with E-state index in [0.29, 0.717) is 11.3 Å². The third-order valence-corrected chi connectivity index (χ3v) is 3.65. The van der Waals surface area contributed by atoms with Crippen molar-refractivity contribution in [3.8, 4) is 17.2 Å². The summed E-state index contributed by atoms with van der Waals surface area (Å²) in [5.41, 5.74) is 1.18. The average Bonchev–Trinajstić information content (AvgIpc) is 2.82. The minimum absolute atomic E-state index is 0.290. The smallest absolute Gasteiger partial charge is 0.206 e. The van der Waals surface area contributed by atoms with Gasteiger partial charge in [-0.05, 0) is 19.1 Å². The Kier molecular flexibility index (Phi) is 4.44. The first kappa shape index (κ1) is 14.9. The van der Waals surface area contributed by atoms with Gasteiger partial charge in [0.25, 0.3) is 0 Å². The van der Waals surface area contributed by atoms with Crippen molar-refractivity contribution in [1.29, 1.82) is 0 Å². The Hall–Kier alpha value is -2.54. The molecule has 0 aliphatic carbocycles. The lowest BCUT2D eigenvalue weighted by atomic mass is 10.2. The van der Waals surface area contributed by atoms with Crippen molar-refractivity contribution in [3.05, 3.63) is 46.2 Å². The van der Waals surface area contributed by atoms with E-state index < -0.39 is 11.5 Å². The van der Waals surface area contributed by atoms with Gasteiger partial charge in [-0.3, -0.25) is 4.99 Å². The van der Waals surface area contributed by atoms with Crippen molar-refractivity contribution in [3.63, 3.8) is 0 Å². The lowest BCUT2D eigenvalue weighted by Crippen LogP contribution is -2.12. The van der Waals surface area contributed by atoms with Crippen LogP contribution >= 0.6 is 11.3 Å². The molecule has 0 atom stereocenters. The topological polar surface area (TPSA) is 90.3 Å². The fraction of sp³-hybridized carbons (Fsp3) is 0.143. The molecular weight excluding hydrogens is 290 g/mol. The highest BCUT2D eigenvalue weighted by Crippen LogP contribution is 2.36. The van der Waals surface area contributed by atoms with Gasteiger partial charge in [0.05, 0.1) is 18.5 Å². The third kappa shape index (κ3) is 3.14. The summed E-state index contributed by atoms with van der Waals surface area (Å²) in [5.74, 6) is -1.37. The van der Waals surface area contributed by atoms with E-state index in [1.807, 2.05) is 12.3 Å². The Morgan fingerprint density at radius 3 is 2.76 bits per heavy atom. The van der Waals surface area contributed by atoms with Crippen LogP contribution in [0.25, 0.3) is 0 Å². The zero-order valence-corrected chi connectivity index (χ0v) is 12.2. The van der Waals surface area contributed by atoms with E-state index in [2.05, 4.69) is 16.7 Å². The quantitative estimate of drug-likeness (QED) is 0.458. The monoisotopic (exact) mass is 305 g/mol. The van der Waals surface area contributed by atoms with Crippen LogP contribution in [0.5, 0.6) is 17.2 Å². The summed E-state index contributed by atoms with van der Waals surface area (Å²) < 4.78 is 1.62. The number of thiazole rings is 1. The van der Waals surface area contributed by atoms with Crippen molar-refractivity contribution < 1.29 is 15.3 Å². The molecular formula is C14H15N3O3S. The van der Waals surface area contributed by atoms with E-state index in [1.165, 1.54) is 29.7 Å². The highest BCUT2D eigenvalue weighted by Gasteiger charge is 2.09. The first-order valence-corrected chi connectivity index (χ1v) is 6.99. The number of aromatic hydroxyl groups is 3. The van der Waals surface area contributed by atoms with E-state index in [4.69, 9.17) is 0 Å². The average molecular weight is 305 g/mol. The Morgan fingerprint density at radius 2 is 2.05 bits per heavy atom. The van der Waals surface area contributed by atoms with Gasteiger partial charge in [-0.15, -0.1) is 17.9 Å². The predicted octanol–water partition coefficient (Wildman–Crippen LogP) is 1.94. The molecule has 2 aromatic rings. The van der Waals surface area contributed by atoms with Gasteiger partial charge in [-0.1, -0.05) is 6.08 Å². The van der Waals surface area contributed by atoms with E-state index in [0.717, 1.165) is 5.69 Å². The summed E-state index contributed by atoms with van der Waals surface area (Å²) >= 11 is 1.44. The van der Waals surface area contributed by atoms with Crippen molar-refractivity contribution >= 4 is 17.6 Å². The first-order chi connectivity index (χ1) is 10.0. The van der Waals surface area contributed by atoms with E-state index in [-0.39, 0.29) is 11.3 Å². The molecule has 0 saturated heterocycles. The Bertz CT molecular complexity index is 759. The fourth-order valence-corrected chi connectivity index (χ4v) is 2.40. The molecule has 0 fully saturated rings. The van der Waals surface area contributed by atoms with Crippen molar-refractivity contribution in [2.75, 3.05) is 6.54 Å². The van der Waals surface area contributed by atoms with Gasteiger partial charge in [0.2, 0.25) is 10.6 Å². The van der Waals surface area contributed by atoms with Crippen LogP contribution in [-0.4, -0.2) is 32.8 Å². The van der Waals surface area contributed by atoms with Crippen LogP contribution in [0.1, 0.15) is 11.3 Å². The number of rotatable bonds is 4. The standard InChI is InChI=1S/C14H15N3O3S/c1-3-6-15-14-17(9(2)8-21-14)16-7-10-4-5-11(18)13(20)12(10)19/h3-5,7-8,18-20H,1,6H2,2H3. The number of phenols is 3. The largest absolute Gasteiger partial charge is 0.504 e. The maximum Gasteiger partial charge on any atom is 0.206 e. The van der Waals surface area contributed by atoms with Crippen LogP contribution in [0, 0.1) is 6.92 Å². The van der Waals surface area contributed by atoms with Crippen LogP contribution in [0.4, 0.5) is 0 Å². The zero-order valence-electron chi connectivity index (χ0n) is 11.4. The van der Waals surface area contributed by atoms with Gasteiger partial charge >= 0.3 is 0 Å². The molecule has 0 bridgehead atoms. The van der Waals surface area contributed by atoms with E-state index >= 15 is 0 Å². The SMILES string of the molecule is C=CCN=c1scc(C)n1N=Cc1ccc(O)c(O)c1O. The molecule has 6 nitrogen and oxygen atoms in total. The Balaban J connectivity index is 2.41. The number of nitrogens with zero attached hydrogens (tertiary/aromatic N) is 3. The second-order valence-electron chi connectivity index (χ2n) is 4.22. The molecule has 1 aromatic carbocycles. The molecule has 0 radical (unpaired) electrons. The number of aryl methyl sites for hydroxylation is 1.